The lowest BCUT2D eigenvalue weighted by atomic mass is 10.1. The van der Waals surface area contributed by atoms with Crippen molar-refractivity contribution < 1.29 is 13.5 Å². The summed E-state index contributed by atoms with van der Waals surface area (Å²) in [6, 6.07) is 5.10. The van der Waals surface area contributed by atoms with Crippen LogP contribution in [-0.4, -0.2) is 30.6 Å². The average molecular weight is 382 g/mol. The van der Waals surface area contributed by atoms with Crippen molar-refractivity contribution in [2.75, 3.05) is 13.1 Å². The van der Waals surface area contributed by atoms with E-state index in [4.69, 9.17) is 0 Å². The van der Waals surface area contributed by atoms with Crippen LogP contribution in [0.15, 0.2) is 29.4 Å². The molecule has 142 valence electrons. The minimum Gasteiger partial charge on any atom is -0.434 e. The molecule has 2 aromatic rings. The SMILES string of the molecule is CCNC(=NCc1cc(C)ccc1OC(F)F)NCCc1ncc(C)s1. The summed E-state index contributed by atoms with van der Waals surface area (Å²) in [4.78, 5) is 10.0. The van der Waals surface area contributed by atoms with Gasteiger partial charge in [0, 0.05) is 36.1 Å². The number of hydrogen-bond acceptors (Lipinski definition) is 4. The molecule has 0 fully saturated rings. The van der Waals surface area contributed by atoms with Crippen LogP contribution >= 0.6 is 11.3 Å². The second-order valence-corrected chi connectivity index (χ2v) is 7.05. The van der Waals surface area contributed by atoms with Gasteiger partial charge in [-0.1, -0.05) is 17.7 Å². The van der Waals surface area contributed by atoms with Gasteiger partial charge >= 0.3 is 6.61 Å². The first kappa shape index (κ1) is 20.1. The Morgan fingerprint density at radius 1 is 1.31 bits per heavy atom. The Labute approximate surface area is 156 Å². The monoisotopic (exact) mass is 382 g/mol. The molecule has 2 N–H and O–H groups in total. The van der Waals surface area contributed by atoms with E-state index in [0.717, 1.165) is 17.0 Å². The molecule has 0 bridgehead atoms. The normalized spacial score (nSPS) is 11.7. The molecular weight excluding hydrogens is 358 g/mol. The molecule has 2 rings (SSSR count). The van der Waals surface area contributed by atoms with Gasteiger partial charge in [0.15, 0.2) is 5.96 Å². The largest absolute Gasteiger partial charge is 0.434 e. The van der Waals surface area contributed by atoms with E-state index in [2.05, 4.69) is 25.3 Å². The molecule has 0 aliphatic rings. The van der Waals surface area contributed by atoms with Crippen molar-refractivity contribution in [2.24, 2.45) is 4.99 Å². The van der Waals surface area contributed by atoms with Crippen LogP contribution in [-0.2, 0) is 13.0 Å². The Balaban J connectivity index is 2.00. The highest BCUT2D eigenvalue weighted by molar-refractivity contribution is 7.11. The highest BCUT2D eigenvalue weighted by atomic mass is 32.1. The Kier molecular flexibility index (Phi) is 7.77. The molecule has 0 saturated heterocycles. The zero-order valence-electron chi connectivity index (χ0n) is 15.2. The number of guanidine groups is 1. The Hall–Kier alpha value is -2.22. The van der Waals surface area contributed by atoms with Crippen LogP contribution in [0.25, 0.3) is 0 Å². The van der Waals surface area contributed by atoms with E-state index in [1.165, 1.54) is 4.88 Å². The van der Waals surface area contributed by atoms with Gasteiger partial charge in [0.1, 0.15) is 5.75 Å². The number of benzene rings is 1. The van der Waals surface area contributed by atoms with Gasteiger partial charge in [0.25, 0.3) is 0 Å². The molecular formula is C18H24F2N4OS. The third-order valence-electron chi connectivity index (χ3n) is 3.48. The molecule has 1 aromatic carbocycles. The van der Waals surface area contributed by atoms with Gasteiger partial charge in [-0.25, -0.2) is 9.98 Å². The number of nitrogens with zero attached hydrogens (tertiary/aromatic N) is 2. The zero-order valence-corrected chi connectivity index (χ0v) is 16.0. The molecule has 1 aromatic heterocycles. The van der Waals surface area contributed by atoms with Crippen molar-refractivity contribution in [3.63, 3.8) is 0 Å². The standard InChI is InChI=1S/C18H24F2N4OS/c1-4-21-18(22-8-7-16-23-10-13(3)26-16)24-11-14-9-12(2)5-6-15(14)25-17(19)20/h5-6,9-10,17H,4,7-8,11H2,1-3H3,(H2,21,22,24). The number of thiazole rings is 1. The van der Waals surface area contributed by atoms with Crippen molar-refractivity contribution in [3.05, 3.63) is 45.4 Å². The van der Waals surface area contributed by atoms with Gasteiger partial charge in [0.05, 0.1) is 11.6 Å². The first-order valence-electron chi connectivity index (χ1n) is 8.45. The highest BCUT2D eigenvalue weighted by Gasteiger charge is 2.10. The molecule has 26 heavy (non-hydrogen) atoms. The van der Waals surface area contributed by atoms with Crippen LogP contribution in [0, 0.1) is 13.8 Å². The van der Waals surface area contributed by atoms with Gasteiger partial charge < -0.3 is 15.4 Å². The molecule has 0 unspecified atom stereocenters. The first-order valence-corrected chi connectivity index (χ1v) is 9.27. The third-order valence-corrected chi connectivity index (χ3v) is 4.46. The number of rotatable bonds is 8. The predicted molar refractivity (Wildman–Crippen MR) is 101 cm³/mol. The summed E-state index contributed by atoms with van der Waals surface area (Å²) in [6.07, 6.45) is 2.66. The topological polar surface area (TPSA) is 58.5 Å². The molecule has 5 nitrogen and oxygen atoms in total. The maximum Gasteiger partial charge on any atom is 0.387 e. The van der Waals surface area contributed by atoms with E-state index in [-0.39, 0.29) is 12.3 Å². The van der Waals surface area contributed by atoms with E-state index in [9.17, 15) is 8.78 Å². The van der Waals surface area contributed by atoms with E-state index >= 15 is 0 Å². The van der Waals surface area contributed by atoms with E-state index < -0.39 is 6.61 Å². The van der Waals surface area contributed by atoms with Gasteiger partial charge in [-0.15, -0.1) is 11.3 Å². The fourth-order valence-electron chi connectivity index (χ4n) is 2.35. The summed E-state index contributed by atoms with van der Waals surface area (Å²) >= 11 is 1.67. The fraction of sp³-hybridized carbons (Fsp3) is 0.444. The van der Waals surface area contributed by atoms with Crippen molar-refractivity contribution in [3.8, 4) is 5.75 Å². The molecule has 0 aliphatic carbocycles. The zero-order chi connectivity index (χ0) is 18.9. The average Bonchev–Trinajstić information content (AvgIpc) is 2.99. The van der Waals surface area contributed by atoms with Crippen LogP contribution in [0.1, 0.15) is 27.9 Å². The van der Waals surface area contributed by atoms with Crippen LogP contribution in [0.4, 0.5) is 8.78 Å². The Bertz CT molecular complexity index is 734. The van der Waals surface area contributed by atoms with Gasteiger partial charge in [-0.2, -0.15) is 8.78 Å². The molecule has 0 spiro atoms. The molecule has 0 radical (unpaired) electrons. The van der Waals surface area contributed by atoms with Crippen LogP contribution in [0.3, 0.4) is 0 Å². The van der Waals surface area contributed by atoms with Crippen molar-refractivity contribution in [1.29, 1.82) is 0 Å². The molecule has 0 aliphatic heterocycles. The fourth-order valence-corrected chi connectivity index (χ4v) is 3.14. The van der Waals surface area contributed by atoms with Gasteiger partial charge in [-0.05, 0) is 26.8 Å². The number of aromatic nitrogens is 1. The van der Waals surface area contributed by atoms with E-state index in [0.29, 0.717) is 24.6 Å². The summed E-state index contributed by atoms with van der Waals surface area (Å²) < 4.78 is 29.7. The maximum atomic E-state index is 12.6. The van der Waals surface area contributed by atoms with Gasteiger partial charge in [0.2, 0.25) is 0 Å². The third kappa shape index (κ3) is 6.59. The molecule has 0 saturated carbocycles. The van der Waals surface area contributed by atoms with Crippen LogP contribution in [0.2, 0.25) is 0 Å². The van der Waals surface area contributed by atoms with Gasteiger partial charge in [-0.3, -0.25) is 0 Å². The lowest BCUT2D eigenvalue weighted by molar-refractivity contribution is -0.0504. The van der Waals surface area contributed by atoms with Crippen molar-refractivity contribution >= 4 is 17.3 Å². The predicted octanol–water partition coefficient (Wildman–Crippen LogP) is 3.66. The summed E-state index contributed by atoms with van der Waals surface area (Å²) in [6.45, 7) is 4.69. The summed E-state index contributed by atoms with van der Waals surface area (Å²) in [5.74, 6) is 0.786. The second kappa shape index (κ2) is 10.1. The molecule has 0 amide bonds. The van der Waals surface area contributed by atoms with E-state index in [1.807, 2.05) is 33.0 Å². The lowest BCUT2D eigenvalue weighted by Gasteiger charge is -2.13. The number of alkyl halides is 2. The Morgan fingerprint density at radius 2 is 2.12 bits per heavy atom. The van der Waals surface area contributed by atoms with Crippen molar-refractivity contribution in [2.45, 2.75) is 40.3 Å². The number of halogens is 2. The lowest BCUT2D eigenvalue weighted by Crippen LogP contribution is -2.38. The summed E-state index contributed by atoms with van der Waals surface area (Å²) in [7, 11) is 0. The molecule has 8 heteroatoms. The minimum absolute atomic E-state index is 0.156. The number of nitrogens with one attached hydrogen (secondary N) is 2. The van der Waals surface area contributed by atoms with Crippen LogP contribution < -0.4 is 15.4 Å². The van der Waals surface area contributed by atoms with Crippen molar-refractivity contribution in [1.82, 2.24) is 15.6 Å². The molecule has 1 heterocycles. The smallest absolute Gasteiger partial charge is 0.387 e. The number of hydrogen-bond donors (Lipinski definition) is 2. The van der Waals surface area contributed by atoms with Crippen LogP contribution in [0.5, 0.6) is 5.75 Å². The minimum atomic E-state index is -2.85. The number of aliphatic imine (C=N–C) groups is 1. The number of ether oxygens (including phenoxy) is 1. The quantitative estimate of drug-likeness (QED) is 0.540. The number of aryl methyl sites for hydroxylation is 2. The summed E-state index contributed by atoms with van der Waals surface area (Å²) in [5.41, 5.74) is 1.59. The molecule has 0 atom stereocenters. The first-order chi connectivity index (χ1) is 12.5. The summed E-state index contributed by atoms with van der Waals surface area (Å²) in [5, 5.41) is 7.46. The maximum absolute atomic E-state index is 12.6. The highest BCUT2D eigenvalue weighted by Crippen LogP contribution is 2.22. The second-order valence-electron chi connectivity index (χ2n) is 5.73. The Morgan fingerprint density at radius 3 is 2.77 bits per heavy atom. The van der Waals surface area contributed by atoms with E-state index in [1.54, 1.807) is 23.5 Å².